The van der Waals surface area contributed by atoms with Crippen LogP contribution in [0.4, 0.5) is 0 Å². The van der Waals surface area contributed by atoms with Crippen molar-refractivity contribution in [1.29, 1.82) is 0 Å². The minimum Gasteiger partial charge on any atom is -0.496 e. The van der Waals surface area contributed by atoms with Crippen LogP contribution in [0.25, 0.3) is 44.3 Å². The van der Waals surface area contributed by atoms with Gasteiger partial charge in [-0.25, -0.2) is 9.97 Å². The number of hydrogen-bond acceptors (Lipinski definition) is 7. The fourth-order valence-electron chi connectivity index (χ4n) is 13.4. The molecule has 0 fully saturated rings. The summed E-state index contributed by atoms with van der Waals surface area (Å²) < 4.78 is 31.0. The van der Waals surface area contributed by atoms with Gasteiger partial charge < -0.3 is 27.5 Å². The first-order valence-corrected chi connectivity index (χ1v) is 38.5. The smallest absolute Gasteiger partial charge is 0.232 e. The lowest BCUT2D eigenvalue weighted by Gasteiger charge is -2.39. The third-order valence-corrected chi connectivity index (χ3v) is 29.2. The normalized spacial score (nSPS) is 13.3. The molecule has 0 aliphatic carbocycles. The van der Waals surface area contributed by atoms with Crippen LogP contribution in [0.2, 0.25) is 36.3 Å². The van der Waals surface area contributed by atoms with Gasteiger partial charge in [-0.3, -0.25) is 4.79 Å². The van der Waals surface area contributed by atoms with Gasteiger partial charge in [-0.05, 0) is 129 Å². The number of ether oxygens (including phenoxy) is 2. The van der Waals surface area contributed by atoms with Crippen molar-refractivity contribution in [2.45, 2.75) is 115 Å². The summed E-state index contributed by atoms with van der Waals surface area (Å²) >= 11 is 0. The molecule has 2 heterocycles. The van der Waals surface area contributed by atoms with Crippen LogP contribution < -0.4 is 9.47 Å². The Morgan fingerprint density at radius 2 is 0.670 bits per heavy atom. The summed E-state index contributed by atoms with van der Waals surface area (Å²) in [5, 5.41) is 3.97. The summed E-state index contributed by atoms with van der Waals surface area (Å²) in [5.41, 5.74) is 7.82. The Balaban J connectivity index is 1.13. The second-order valence-electron chi connectivity index (χ2n) is 27.9. The predicted molar refractivity (Wildman–Crippen MR) is 389 cm³/mol. The topological polar surface area (TPSA) is 89.6 Å². The Bertz CT molecular complexity index is 4160. The summed E-state index contributed by atoms with van der Waals surface area (Å²) in [4.78, 5) is 28.0. The minimum atomic E-state index is -2.23. The number of carbonyl (C=O) groups is 1. The van der Waals surface area contributed by atoms with Gasteiger partial charge in [-0.15, -0.1) is 0 Å². The zero-order chi connectivity index (χ0) is 66.4. The first-order valence-electron chi connectivity index (χ1n) is 32.7. The zero-order valence-electron chi connectivity index (χ0n) is 56.7. The molecule has 0 aliphatic heterocycles. The molecule has 2 aromatic heterocycles. The van der Waals surface area contributed by atoms with Crippen molar-refractivity contribution in [1.82, 2.24) is 19.1 Å². The number of carbonyl (C=O) groups excluding carboxylic acids is 1. The summed E-state index contributed by atoms with van der Waals surface area (Å²) in [7, 11) is -1.01. The SMILES string of the molecule is COc1ccc2cc(-c3nc(C(=O)c4cn(C(c5ccccc5)(c5ccccc5)c5ccccc5)c(-c5ccc6c(C(C)O[Si](C)(C)C(C)(C)C)c(OC)ccc6c5)n4)cn3C(c3ccccc3)(c3ccccc3)c3ccccc3)ccc2c1C(C)O[Si](C)(C)C(C)(C)C. The molecule has 0 spiro atoms. The fraction of sp³-hybridized carbons (Fsp3) is 0.241. The maximum atomic E-state index is 16.7. The Hall–Kier alpha value is -9.24. The molecular formula is C83H86N4O5Si2. The van der Waals surface area contributed by atoms with Crippen molar-refractivity contribution in [3.63, 3.8) is 0 Å². The lowest BCUT2D eigenvalue weighted by atomic mass is 9.76. The summed E-state index contributed by atoms with van der Waals surface area (Å²) in [6.07, 6.45) is 3.38. The number of hydrogen-bond donors (Lipinski definition) is 0. The largest absolute Gasteiger partial charge is 0.496 e. The van der Waals surface area contributed by atoms with Gasteiger partial charge >= 0.3 is 0 Å². The molecule has 0 bridgehead atoms. The monoisotopic (exact) mass is 1270 g/mol. The van der Waals surface area contributed by atoms with Crippen LogP contribution >= 0.6 is 0 Å². The van der Waals surface area contributed by atoms with E-state index in [9.17, 15) is 0 Å². The van der Waals surface area contributed by atoms with Gasteiger partial charge in [0.1, 0.15) is 45.6 Å². The van der Waals surface area contributed by atoms with E-state index in [0.29, 0.717) is 11.6 Å². The fourth-order valence-corrected chi connectivity index (χ4v) is 16.1. The van der Waals surface area contributed by atoms with Crippen LogP contribution in [0.3, 0.4) is 0 Å². The molecule has 0 aliphatic rings. The summed E-state index contributed by atoms with van der Waals surface area (Å²) in [6, 6.07) is 84.6. The third-order valence-electron chi connectivity index (χ3n) is 20.1. The number of nitrogens with zero attached hydrogens (tertiary/aromatic N) is 4. The zero-order valence-corrected chi connectivity index (χ0v) is 58.7. The standard InChI is InChI=1S/C83H86N4O5Si2/c1-57(91-93(11,12)80(3,4)5)75-69-49-45-61(53-59(69)47-51-73(75)89-9)78-84-71(55-86(78)82(63-33-21-15-22-34-63,64-35-23-16-24-36-64)65-37-25-17-26-38-65)77(88)72-56-87(83(66-39-27-18-28-40-66,67-41-29-19-30-42-67)68-43-31-20-32-44-68)79(85-72)62-46-50-70-60(54-62)48-52-74(90-10)76(70)58(2)92-94(13,14)81(6,7)8/h15-58H,1-14H3. The van der Waals surface area contributed by atoms with Gasteiger partial charge in [0.15, 0.2) is 16.6 Å². The van der Waals surface area contributed by atoms with Crippen LogP contribution in [0, 0.1) is 0 Å². The van der Waals surface area contributed by atoms with Crippen molar-refractivity contribution in [3.8, 4) is 34.3 Å². The van der Waals surface area contributed by atoms with Crippen LogP contribution in [0.15, 0.2) is 255 Å². The van der Waals surface area contributed by atoms with E-state index in [4.69, 9.17) is 28.3 Å². The van der Waals surface area contributed by atoms with Gasteiger partial charge in [0.05, 0.1) is 26.4 Å². The molecule has 476 valence electrons. The molecule has 12 rings (SSSR count). The number of ketones is 1. The highest BCUT2D eigenvalue weighted by Gasteiger charge is 2.45. The van der Waals surface area contributed by atoms with Crippen molar-refractivity contribution in [2.24, 2.45) is 0 Å². The highest BCUT2D eigenvalue weighted by Crippen LogP contribution is 2.50. The van der Waals surface area contributed by atoms with E-state index in [1.54, 1.807) is 14.2 Å². The van der Waals surface area contributed by atoms with Crippen LogP contribution in [0.5, 0.6) is 11.5 Å². The lowest BCUT2D eigenvalue weighted by molar-refractivity contribution is 0.103. The molecular weight excluding hydrogens is 1190 g/mol. The van der Waals surface area contributed by atoms with Crippen LogP contribution in [0.1, 0.15) is 128 Å². The number of aromatic nitrogens is 4. The molecule has 2 atom stereocenters. The first kappa shape index (κ1) is 64.9. The van der Waals surface area contributed by atoms with E-state index in [2.05, 4.69) is 285 Å². The van der Waals surface area contributed by atoms with Gasteiger partial charge in [-0.1, -0.05) is 260 Å². The molecule has 94 heavy (non-hydrogen) atoms. The van der Waals surface area contributed by atoms with Gasteiger partial charge in [0.25, 0.3) is 0 Å². The molecule has 0 amide bonds. The van der Waals surface area contributed by atoms with Crippen molar-refractivity contribution >= 4 is 44.0 Å². The molecule has 0 saturated heterocycles. The number of imidazole rings is 2. The third kappa shape index (κ3) is 11.6. The van der Waals surface area contributed by atoms with Crippen LogP contribution in [-0.4, -0.2) is 55.7 Å². The molecule has 2 unspecified atom stereocenters. The number of rotatable bonds is 20. The molecule has 11 heteroatoms. The van der Waals surface area contributed by atoms with E-state index in [-0.39, 0.29) is 39.5 Å². The van der Waals surface area contributed by atoms with Crippen molar-refractivity contribution in [3.05, 3.63) is 311 Å². The molecule has 12 aromatic rings. The van der Waals surface area contributed by atoms with E-state index in [0.717, 1.165) is 88.7 Å². The second kappa shape index (κ2) is 25.6. The van der Waals surface area contributed by atoms with Crippen LogP contribution in [-0.2, 0) is 19.9 Å². The van der Waals surface area contributed by atoms with E-state index in [1.807, 2.05) is 60.9 Å². The summed E-state index contributed by atoms with van der Waals surface area (Å²) in [5.74, 6) is 2.36. The molecule has 0 N–H and O–H groups in total. The molecule has 0 radical (unpaired) electrons. The first-order chi connectivity index (χ1) is 45.0. The van der Waals surface area contributed by atoms with Gasteiger partial charge in [0.2, 0.25) is 5.78 Å². The average molecular weight is 1280 g/mol. The minimum absolute atomic E-state index is 0.00859. The predicted octanol–water partition coefficient (Wildman–Crippen LogP) is 20.8. The second-order valence-corrected chi connectivity index (χ2v) is 37.4. The Labute approximate surface area is 557 Å². The summed E-state index contributed by atoms with van der Waals surface area (Å²) in [6.45, 7) is 27.0. The number of benzene rings is 10. The Morgan fingerprint density at radius 3 is 0.926 bits per heavy atom. The van der Waals surface area contributed by atoms with Crippen molar-refractivity contribution in [2.75, 3.05) is 14.2 Å². The van der Waals surface area contributed by atoms with Gasteiger partial charge in [-0.2, -0.15) is 0 Å². The van der Waals surface area contributed by atoms with E-state index in [1.165, 1.54) is 0 Å². The van der Waals surface area contributed by atoms with Gasteiger partial charge in [0, 0.05) is 34.6 Å². The maximum Gasteiger partial charge on any atom is 0.232 e. The van der Waals surface area contributed by atoms with Crippen molar-refractivity contribution < 1.29 is 23.1 Å². The Kier molecular flexibility index (Phi) is 17.6. The number of methoxy groups -OCH3 is 2. The highest BCUT2D eigenvalue weighted by molar-refractivity contribution is 6.74. The average Bonchev–Trinajstić information content (AvgIpc) is 1.46. The maximum absolute atomic E-state index is 16.7. The Morgan fingerprint density at radius 1 is 0.394 bits per heavy atom. The quantitative estimate of drug-likeness (QED) is 0.0427. The molecule has 0 saturated carbocycles. The van der Waals surface area contributed by atoms with E-state index >= 15 is 4.79 Å². The lowest BCUT2D eigenvalue weighted by Crippen LogP contribution is -2.41. The number of fused-ring (bicyclic) bond motifs is 2. The highest BCUT2D eigenvalue weighted by atomic mass is 28.4. The molecule has 9 nitrogen and oxygen atoms in total. The van der Waals surface area contributed by atoms with E-state index < -0.39 is 27.7 Å². The molecule has 10 aromatic carbocycles.